The fourth-order valence-corrected chi connectivity index (χ4v) is 2.80. The van der Waals surface area contributed by atoms with Crippen molar-refractivity contribution in [3.63, 3.8) is 0 Å². The molecule has 1 aliphatic rings. The molecule has 5 nitrogen and oxygen atoms in total. The first-order chi connectivity index (χ1) is 9.07. The maximum absolute atomic E-state index is 12.5. The summed E-state index contributed by atoms with van der Waals surface area (Å²) in [5, 5.41) is 5.85. The molecule has 1 unspecified atom stereocenters. The van der Waals surface area contributed by atoms with Crippen molar-refractivity contribution in [2.45, 2.75) is 58.4 Å². The number of hydrogen-bond acceptors (Lipinski definition) is 3. The second kappa shape index (κ2) is 7.48. The highest BCUT2D eigenvalue weighted by Crippen LogP contribution is 2.29. The van der Waals surface area contributed by atoms with Gasteiger partial charge >= 0.3 is 0 Å². The van der Waals surface area contributed by atoms with Gasteiger partial charge in [-0.2, -0.15) is 0 Å². The van der Waals surface area contributed by atoms with Crippen molar-refractivity contribution in [1.29, 1.82) is 0 Å². The van der Waals surface area contributed by atoms with Crippen molar-refractivity contribution >= 4 is 11.8 Å². The molecule has 0 aromatic rings. The van der Waals surface area contributed by atoms with Crippen molar-refractivity contribution in [3.05, 3.63) is 0 Å². The Morgan fingerprint density at radius 3 is 2.47 bits per heavy atom. The quantitative estimate of drug-likeness (QED) is 0.643. The molecular formula is C14H27N3O2. The summed E-state index contributed by atoms with van der Waals surface area (Å²) in [5.74, 6) is 0.123. The molecule has 0 bridgehead atoms. The Kier molecular flexibility index (Phi) is 6.28. The molecule has 1 heterocycles. The van der Waals surface area contributed by atoms with Crippen molar-refractivity contribution in [2.24, 2.45) is 11.1 Å². The minimum absolute atomic E-state index is 0.0461. The average Bonchev–Trinajstić information content (AvgIpc) is 2.41. The second-order valence-corrected chi connectivity index (χ2v) is 5.50. The Morgan fingerprint density at radius 1 is 1.42 bits per heavy atom. The first-order valence-electron chi connectivity index (χ1n) is 7.35. The highest BCUT2D eigenvalue weighted by molar-refractivity contribution is 5.83. The molecule has 2 amide bonds. The summed E-state index contributed by atoms with van der Waals surface area (Å²) in [5.41, 5.74) is 5.44. The number of nitrogens with one attached hydrogen (secondary N) is 2. The average molecular weight is 269 g/mol. The normalized spacial score (nSPS) is 19.9. The molecule has 110 valence electrons. The highest BCUT2D eigenvalue weighted by Gasteiger charge is 2.36. The predicted octanol–water partition coefficient (Wildman–Crippen LogP) is 0.927. The number of carbonyl (C=O) groups excluding carboxylic acids is 2. The molecule has 0 aliphatic carbocycles. The van der Waals surface area contributed by atoms with Gasteiger partial charge in [0.25, 0.3) is 0 Å². The van der Waals surface area contributed by atoms with E-state index in [0.717, 1.165) is 32.1 Å². The first-order valence-corrected chi connectivity index (χ1v) is 7.35. The SMILES string of the molecule is CCCC(CN)(CCC)C(=O)NC1CCC(=O)NC1. The van der Waals surface area contributed by atoms with Crippen LogP contribution in [0.25, 0.3) is 0 Å². The third-order valence-electron chi connectivity index (χ3n) is 3.93. The summed E-state index contributed by atoms with van der Waals surface area (Å²) >= 11 is 0. The van der Waals surface area contributed by atoms with Gasteiger partial charge in [-0.15, -0.1) is 0 Å². The molecule has 4 N–H and O–H groups in total. The van der Waals surface area contributed by atoms with E-state index in [4.69, 9.17) is 5.73 Å². The molecule has 5 heteroatoms. The summed E-state index contributed by atoms with van der Waals surface area (Å²) in [6.07, 6.45) is 4.75. The number of carbonyl (C=O) groups is 2. The molecular weight excluding hydrogens is 242 g/mol. The van der Waals surface area contributed by atoms with Gasteiger partial charge in [-0.1, -0.05) is 26.7 Å². The van der Waals surface area contributed by atoms with Crippen LogP contribution in [0.3, 0.4) is 0 Å². The van der Waals surface area contributed by atoms with E-state index in [1.807, 2.05) is 0 Å². The van der Waals surface area contributed by atoms with Gasteiger partial charge < -0.3 is 16.4 Å². The third kappa shape index (κ3) is 4.20. The third-order valence-corrected chi connectivity index (χ3v) is 3.93. The van der Waals surface area contributed by atoms with E-state index < -0.39 is 5.41 Å². The van der Waals surface area contributed by atoms with Gasteiger partial charge in [0.05, 0.1) is 5.41 Å². The number of piperidine rings is 1. The van der Waals surface area contributed by atoms with Gasteiger partial charge in [0.2, 0.25) is 11.8 Å². The zero-order chi connectivity index (χ0) is 14.3. The van der Waals surface area contributed by atoms with Crippen LogP contribution in [-0.4, -0.2) is 30.9 Å². The maximum Gasteiger partial charge on any atom is 0.227 e. The summed E-state index contributed by atoms with van der Waals surface area (Å²) in [6, 6.07) is 0.0461. The smallest absolute Gasteiger partial charge is 0.227 e. The lowest BCUT2D eigenvalue weighted by atomic mass is 9.78. The van der Waals surface area contributed by atoms with E-state index >= 15 is 0 Å². The van der Waals surface area contributed by atoms with E-state index in [0.29, 0.717) is 19.5 Å². The largest absolute Gasteiger partial charge is 0.354 e. The van der Waals surface area contributed by atoms with Crippen LogP contribution in [0.4, 0.5) is 0 Å². The number of amides is 2. The van der Waals surface area contributed by atoms with Crippen LogP contribution in [0.2, 0.25) is 0 Å². The Balaban J connectivity index is 2.63. The predicted molar refractivity (Wildman–Crippen MR) is 75.5 cm³/mol. The van der Waals surface area contributed by atoms with Crippen LogP contribution in [-0.2, 0) is 9.59 Å². The Labute approximate surface area is 115 Å². The molecule has 0 radical (unpaired) electrons. The zero-order valence-corrected chi connectivity index (χ0v) is 12.1. The van der Waals surface area contributed by atoms with E-state index in [-0.39, 0.29) is 17.9 Å². The van der Waals surface area contributed by atoms with Gasteiger partial charge in [0.1, 0.15) is 0 Å². The minimum Gasteiger partial charge on any atom is -0.354 e. The molecule has 0 saturated carbocycles. The van der Waals surface area contributed by atoms with Crippen molar-refractivity contribution in [3.8, 4) is 0 Å². The molecule has 1 fully saturated rings. The van der Waals surface area contributed by atoms with Gasteiger partial charge in [-0.3, -0.25) is 9.59 Å². The lowest BCUT2D eigenvalue weighted by molar-refractivity contribution is -0.133. The van der Waals surface area contributed by atoms with Gasteiger partial charge in [0.15, 0.2) is 0 Å². The highest BCUT2D eigenvalue weighted by atomic mass is 16.2. The van der Waals surface area contributed by atoms with Crippen LogP contribution in [0, 0.1) is 5.41 Å². The number of nitrogens with two attached hydrogens (primary N) is 1. The Hall–Kier alpha value is -1.10. The molecule has 1 rings (SSSR count). The molecule has 19 heavy (non-hydrogen) atoms. The number of rotatable bonds is 7. The van der Waals surface area contributed by atoms with E-state index in [2.05, 4.69) is 24.5 Å². The van der Waals surface area contributed by atoms with Crippen LogP contribution in [0.1, 0.15) is 52.4 Å². The summed E-state index contributed by atoms with van der Waals surface area (Å²) in [4.78, 5) is 23.6. The van der Waals surface area contributed by atoms with Crippen molar-refractivity contribution < 1.29 is 9.59 Å². The van der Waals surface area contributed by atoms with Crippen LogP contribution < -0.4 is 16.4 Å². The van der Waals surface area contributed by atoms with E-state index in [9.17, 15) is 9.59 Å². The fraction of sp³-hybridized carbons (Fsp3) is 0.857. The lowest BCUT2D eigenvalue weighted by Gasteiger charge is -2.33. The Bertz CT molecular complexity index is 302. The second-order valence-electron chi connectivity index (χ2n) is 5.50. The zero-order valence-electron chi connectivity index (χ0n) is 12.1. The van der Waals surface area contributed by atoms with Gasteiger partial charge in [-0.25, -0.2) is 0 Å². The fourth-order valence-electron chi connectivity index (χ4n) is 2.80. The van der Waals surface area contributed by atoms with Crippen LogP contribution in [0.5, 0.6) is 0 Å². The monoisotopic (exact) mass is 269 g/mol. The van der Waals surface area contributed by atoms with Gasteiger partial charge in [-0.05, 0) is 19.3 Å². The Morgan fingerprint density at radius 2 is 2.05 bits per heavy atom. The van der Waals surface area contributed by atoms with E-state index in [1.165, 1.54) is 0 Å². The van der Waals surface area contributed by atoms with Crippen molar-refractivity contribution in [1.82, 2.24) is 10.6 Å². The first kappa shape index (κ1) is 16.0. The topological polar surface area (TPSA) is 84.2 Å². The summed E-state index contributed by atoms with van der Waals surface area (Å²) in [6.45, 7) is 5.07. The van der Waals surface area contributed by atoms with Gasteiger partial charge in [0, 0.05) is 25.6 Å². The molecule has 0 aromatic carbocycles. The molecule has 1 aliphatic heterocycles. The van der Waals surface area contributed by atoms with E-state index in [1.54, 1.807) is 0 Å². The number of hydrogen-bond donors (Lipinski definition) is 3. The summed E-state index contributed by atoms with van der Waals surface area (Å²) < 4.78 is 0. The minimum atomic E-state index is -0.440. The molecule has 0 spiro atoms. The maximum atomic E-state index is 12.5. The van der Waals surface area contributed by atoms with Crippen LogP contribution >= 0.6 is 0 Å². The molecule has 0 aromatic heterocycles. The molecule has 1 atom stereocenters. The van der Waals surface area contributed by atoms with Crippen LogP contribution in [0.15, 0.2) is 0 Å². The standard InChI is InChI=1S/C14H27N3O2/c1-3-7-14(10-15,8-4-2)13(19)17-11-5-6-12(18)16-9-11/h11H,3-10,15H2,1-2H3,(H,16,18)(H,17,19). The summed E-state index contributed by atoms with van der Waals surface area (Å²) in [7, 11) is 0. The molecule has 1 saturated heterocycles. The lowest BCUT2D eigenvalue weighted by Crippen LogP contribution is -2.54. The van der Waals surface area contributed by atoms with Crippen molar-refractivity contribution in [2.75, 3.05) is 13.1 Å².